The van der Waals surface area contributed by atoms with Crippen molar-refractivity contribution in [3.05, 3.63) is 59.9 Å². The van der Waals surface area contributed by atoms with E-state index in [1.54, 1.807) is 0 Å². The van der Waals surface area contributed by atoms with Crippen molar-refractivity contribution in [3.8, 4) is 0 Å². The Morgan fingerprint density at radius 1 is 1.00 bits per heavy atom. The zero-order chi connectivity index (χ0) is 13.0. The molecule has 18 heavy (non-hydrogen) atoms. The smallest absolute Gasteiger partial charge is 0.175 e. The maximum Gasteiger partial charge on any atom is 0.175 e. The molecule has 2 N–H and O–H groups in total. The first-order valence-electron chi connectivity index (χ1n) is 5.54. The summed E-state index contributed by atoms with van der Waals surface area (Å²) in [6, 6.07) is 14.3. The Labute approximate surface area is 111 Å². The summed E-state index contributed by atoms with van der Waals surface area (Å²) in [7, 11) is 0. The Bertz CT molecular complexity index is 535. The molecule has 0 aliphatic heterocycles. The Hall–Kier alpha value is -1.94. The molecule has 0 fully saturated rings. The minimum Gasteiger partial charge on any atom is -0.332 e. The van der Waals surface area contributed by atoms with Gasteiger partial charge in [0.05, 0.1) is 0 Å². The van der Waals surface area contributed by atoms with Crippen molar-refractivity contribution in [1.82, 2.24) is 0 Å². The number of nitrogens with one attached hydrogen (secondary N) is 2. The number of aryl methyl sites for hydroxylation is 1. The highest BCUT2D eigenvalue weighted by molar-refractivity contribution is 7.80. The number of hydrogen-bond donors (Lipinski definition) is 2. The predicted octanol–water partition coefficient (Wildman–Crippen LogP) is 3.94. The van der Waals surface area contributed by atoms with Crippen LogP contribution in [0.3, 0.4) is 0 Å². The van der Waals surface area contributed by atoms with E-state index in [1.807, 2.05) is 43.3 Å². The van der Waals surface area contributed by atoms with Crippen LogP contribution in [0.2, 0.25) is 0 Å². The van der Waals surface area contributed by atoms with Gasteiger partial charge in [-0.1, -0.05) is 18.2 Å². The van der Waals surface area contributed by atoms with E-state index in [2.05, 4.69) is 10.6 Å². The predicted molar refractivity (Wildman–Crippen MR) is 77.4 cm³/mol. The average Bonchev–Trinajstić information content (AvgIpc) is 2.28. The van der Waals surface area contributed by atoms with Gasteiger partial charge in [0.1, 0.15) is 5.82 Å². The Morgan fingerprint density at radius 2 is 1.67 bits per heavy atom. The van der Waals surface area contributed by atoms with Crippen LogP contribution in [0.5, 0.6) is 0 Å². The van der Waals surface area contributed by atoms with Crippen LogP contribution >= 0.6 is 12.2 Å². The molecule has 0 amide bonds. The molecule has 0 spiro atoms. The molecule has 4 heteroatoms. The molecule has 0 aromatic heterocycles. The first-order chi connectivity index (χ1) is 8.63. The van der Waals surface area contributed by atoms with Crippen LogP contribution in [0.25, 0.3) is 0 Å². The van der Waals surface area contributed by atoms with Gasteiger partial charge in [-0.3, -0.25) is 0 Å². The molecule has 0 radical (unpaired) electrons. The highest BCUT2D eigenvalue weighted by Gasteiger charge is 2.01. The summed E-state index contributed by atoms with van der Waals surface area (Å²) in [5.41, 5.74) is 2.38. The maximum absolute atomic E-state index is 13.2. The van der Waals surface area contributed by atoms with E-state index < -0.39 is 0 Å². The molecule has 0 atom stereocenters. The van der Waals surface area contributed by atoms with Gasteiger partial charge in [0.15, 0.2) is 5.11 Å². The lowest BCUT2D eigenvalue weighted by atomic mass is 10.2. The first kappa shape index (κ1) is 12.5. The molecule has 0 heterocycles. The third kappa shape index (κ3) is 3.53. The molecule has 0 saturated heterocycles. The standard InChI is InChI=1S/C14H13FN2S/c1-10-7-11(15)9-13(8-10)17-14(18)16-12-5-3-2-4-6-12/h2-9H,1H3,(H2,16,17,18). The largest absolute Gasteiger partial charge is 0.332 e. The SMILES string of the molecule is Cc1cc(F)cc(NC(=S)Nc2ccccc2)c1. The van der Waals surface area contributed by atoms with Crippen LogP contribution in [-0.2, 0) is 0 Å². The lowest BCUT2D eigenvalue weighted by Gasteiger charge is -2.11. The Balaban J connectivity index is 2.03. The van der Waals surface area contributed by atoms with Crippen molar-refractivity contribution >= 4 is 28.7 Å². The van der Waals surface area contributed by atoms with Gasteiger partial charge in [0.2, 0.25) is 0 Å². The van der Waals surface area contributed by atoms with E-state index in [9.17, 15) is 4.39 Å². The Kier molecular flexibility index (Phi) is 3.89. The quantitative estimate of drug-likeness (QED) is 0.800. The molecule has 2 rings (SSSR count). The molecule has 2 aromatic carbocycles. The van der Waals surface area contributed by atoms with E-state index in [4.69, 9.17) is 12.2 Å². The highest BCUT2D eigenvalue weighted by atomic mass is 32.1. The number of halogens is 1. The molecule has 0 bridgehead atoms. The summed E-state index contributed by atoms with van der Waals surface area (Å²) in [5.74, 6) is -0.278. The summed E-state index contributed by atoms with van der Waals surface area (Å²) < 4.78 is 13.2. The summed E-state index contributed by atoms with van der Waals surface area (Å²) in [6.07, 6.45) is 0. The number of benzene rings is 2. The van der Waals surface area contributed by atoms with Crippen LogP contribution in [0.1, 0.15) is 5.56 Å². The van der Waals surface area contributed by atoms with Crippen LogP contribution in [0.15, 0.2) is 48.5 Å². The second-order valence-corrected chi connectivity index (χ2v) is 4.37. The minimum atomic E-state index is -0.278. The average molecular weight is 260 g/mol. The number of anilines is 2. The van der Waals surface area contributed by atoms with Gasteiger partial charge >= 0.3 is 0 Å². The number of rotatable bonds is 2. The normalized spacial score (nSPS) is 9.89. The number of hydrogen-bond acceptors (Lipinski definition) is 1. The van der Waals surface area contributed by atoms with Crippen molar-refractivity contribution < 1.29 is 4.39 Å². The van der Waals surface area contributed by atoms with Crippen molar-refractivity contribution in [1.29, 1.82) is 0 Å². The zero-order valence-electron chi connectivity index (χ0n) is 9.91. The van der Waals surface area contributed by atoms with E-state index in [0.29, 0.717) is 10.8 Å². The minimum absolute atomic E-state index is 0.278. The van der Waals surface area contributed by atoms with Gasteiger partial charge < -0.3 is 10.6 Å². The molecular weight excluding hydrogens is 247 g/mol. The van der Waals surface area contributed by atoms with Gasteiger partial charge in [-0.2, -0.15) is 0 Å². The van der Waals surface area contributed by atoms with Crippen molar-refractivity contribution in [2.45, 2.75) is 6.92 Å². The molecule has 0 saturated carbocycles. The van der Waals surface area contributed by atoms with E-state index in [1.165, 1.54) is 12.1 Å². The fourth-order valence-corrected chi connectivity index (χ4v) is 1.86. The van der Waals surface area contributed by atoms with Gasteiger partial charge in [-0.05, 0) is 55.0 Å². The van der Waals surface area contributed by atoms with E-state index >= 15 is 0 Å². The van der Waals surface area contributed by atoms with Crippen LogP contribution in [-0.4, -0.2) is 5.11 Å². The topological polar surface area (TPSA) is 24.1 Å². The first-order valence-corrected chi connectivity index (χ1v) is 5.94. The summed E-state index contributed by atoms with van der Waals surface area (Å²) >= 11 is 5.16. The van der Waals surface area contributed by atoms with Crippen molar-refractivity contribution in [2.75, 3.05) is 10.6 Å². The fourth-order valence-electron chi connectivity index (χ4n) is 1.62. The zero-order valence-corrected chi connectivity index (χ0v) is 10.7. The van der Waals surface area contributed by atoms with Crippen molar-refractivity contribution in [3.63, 3.8) is 0 Å². The molecule has 0 aliphatic carbocycles. The van der Waals surface area contributed by atoms with E-state index in [-0.39, 0.29) is 5.82 Å². The summed E-state index contributed by atoms with van der Waals surface area (Å²) in [5, 5.41) is 6.42. The number of para-hydroxylation sites is 1. The Morgan fingerprint density at radius 3 is 2.33 bits per heavy atom. The summed E-state index contributed by atoms with van der Waals surface area (Å²) in [4.78, 5) is 0. The molecule has 0 unspecified atom stereocenters. The molecule has 2 aromatic rings. The van der Waals surface area contributed by atoms with Gasteiger partial charge in [0, 0.05) is 11.4 Å². The second-order valence-electron chi connectivity index (χ2n) is 3.96. The lowest BCUT2D eigenvalue weighted by Crippen LogP contribution is -2.19. The van der Waals surface area contributed by atoms with E-state index in [0.717, 1.165) is 11.3 Å². The van der Waals surface area contributed by atoms with Crippen molar-refractivity contribution in [2.24, 2.45) is 0 Å². The van der Waals surface area contributed by atoms with Gasteiger partial charge in [-0.15, -0.1) is 0 Å². The van der Waals surface area contributed by atoms with Gasteiger partial charge in [-0.25, -0.2) is 4.39 Å². The molecule has 0 aliphatic rings. The van der Waals surface area contributed by atoms with Gasteiger partial charge in [0.25, 0.3) is 0 Å². The summed E-state index contributed by atoms with van der Waals surface area (Å²) in [6.45, 7) is 1.84. The van der Waals surface area contributed by atoms with Crippen LogP contribution in [0, 0.1) is 12.7 Å². The second kappa shape index (κ2) is 5.60. The third-order valence-electron chi connectivity index (χ3n) is 2.33. The number of thiocarbonyl (C=S) groups is 1. The third-order valence-corrected chi connectivity index (χ3v) is 2.54. The molecule has 92 valence electrons. The lowest BCUT2D eigenvalue weighted by molar-refractivity contribution is 0.627. The van der Waals surface area contributed by atoms with Crippen LogP contribution in [0.4, 0.5) is 15.8 Å². The van der Waals surface area contributed by atoms with Crippen LogP contribution < -0.4 is 10.6 Å². The maximum atomic E-state index is 13.2. The fraction of sp³-hybridized carbons (Fsp3) is 0.0714. The molecular formula is C14H13FN2S. The monoisotopic (exact) mass is 260 g/mol. The highest BCUT2D eigenvalue weighted by Crippen LogP contribution is 2.14. The molecule has 2 nitrogen and oxygen atoms in total.